The van der Waals surface area contributed by atoms with Gasteiger partial charge in [0.2, 0.25) is 6.79 Å². The van der Waals surface area contributed by atoms with E-state index in [4.69, 9.17) is 9.47 Å². The Bertz CT molecular complexity index is 1070. The van der Waals surface area contributed by atoms with E-state index in [1.807, 2.05) is 12.1 Å². The lowest BCUT2D eigenvalue weighted by molar-refractivity contribution is 0.174. The lowest BCUT2D eigenvalue weighted by Gasteiger charge is -2.07. The Labute approximate surface area is 150 Å². The second kappa shape index (κ2) is 6.29. The van der Waals surface area contributed by atoms with Gasteiger partial charge < -0.3 is 9.47 Å². The van der Waals surface area contributed by atoms with Crippen LogP contribution in [0.5, 0.6) is 11.5 Å². The van der Waals surface area contributed by atoms with Crippen LogP contribution in [0.2, 0.25) is 0 Å². The molecular weight excluding hydrogens is 330 g/mol. The molecule has 0 spiro atoms. The first-order chi connectivity index (χ1) is 12.5. The number of benzene rings is 2. The van der Waals surface area contributed by atoms with Crippen molar-refractivity contribution < 1.29 is 9.47 Å². The first-order valence-electron chi connectivity index (χ1n) is 8.50. The molecule has 0 saturated heterocycles. The summed E-state index contributed by atoms with van der Waals surface area (Å²) in [6.45, 7) is 6.21. The molecule has 3 aromatic rings. The minimum absolute atomic E-state index is 0.156. The zero-order valence-electron chi connectivity index (χ0n) is 14.9. The zero-order chi connectivity index (χ0) is 18.3. The number of fused-ring (bicyclic) bond motifs is 2. The molecule has 1 aromatic heterocycles. The van der Waals surface area contributed by atoms with Crippen LogP contribution < -0.4 is 15.0 Å². The predicted molar refractivity (Wildman–Crippen MR) is 100 cm³/mol. The summed E-state index contributed by atoms with van der Waals surface area (Å²) in [4.78, 5) is 17.3. The average Bonchev–Trinajstić information content (AvgIpc) is 3.08. The lowest BCUT2D eigenvalue weighted by Crippen LogP contribution is -2.20. The highest BCUT2D eigenvalue weighted by atomic mass is 16.7. The van der Waals surface area contributed by atoms with Gasteiger partial charge in [-0.25, -0.2) is 4.98 Å². The van der Waals surface area contributed by atoms with Crippen molar-refractivity contribution >= 4 is 17.1 Å². The van der Waals surface area contributed by atoms with Crippen LogP contribution >= 0.6 is 0 Å². The Balaban J connectivity index is 1.74. The van der Waals surface area contributed by atoms with E-state index in [-0.39, 0.29) is 12.4 Å². The Morgan fingerprint density at radius 2 is 1.85 bits per heavy atom. The van der Waals surface area contributed by atoms with Crippen molar-refractivity contribution in [1.29, 1.82) is 0 Å². The first-order valence-corrected chi connectivity index (χ1v) is 8.50. The highest BCUT2D eigenvalue weighted by Crippen LogP contribution is 2.34. The number of ether oxygens (including phenoxy) is 2. The molecule has 0 radical (unpaired) electrons. The Morgan fingerprint density at radius 1 is 1.15 bits per heavy atom. The number of hydrogen-bond donors (Lipinski definition) is 0. The van der Waals surface area contributed by atoms with E-state index in [1.54, 1.807) is 25.3 Å². The van der Waals surface area contributed by atoms with Gasteiger partial charge in [-0.3, -0.25) is 4.79 Å². The molecule has 1 aliphatic heterocycles. The molecule has 2 heterocycles. The molecule has 0 amide bonds. The summed E-state index contributed by atoms with van der Waals surface area (Å²) in [5, 5.41) is 4.79. The molecule has 26 heavy (non-hydrogen) atoms. The number of aromatic nitrogens is 2. The summed E-state index contributed by atoms with van der Waals surface area (Å²) >= 11 is 0. The minimum atomic E-state index is -0.235. The third-order valence-electron chi connectivity index (χ3n) is 4.43. The van der Waals surface area contributed by atoms with E-state index in [0.717, 1.165) is 5.56 Å². The zero-order valence-corrected chi connectivity index (χ0v) is 14.9. The van der Waals surface area contributed by atoms with Crippen molar-refractivity contribution in [3.8, 4) is 11.5 Å². The van der Waals surface area contributed by atoms with Crippen LogP contribution in [0, 0.1) is 6.92 Å². The van der Waals surface area contributed by atoms with Crippen LogP contribution in [-0.2, 0) is 0 Å². The third kappa shape index (κ3) is 2.83. The number of nitrogens with zero attached hydrogens (tertiary/aromatic N) is 3. The molecule has 4 rings (SSSR count). The first kappa shape index (κ1) is 16.3. The number of rotatable bonds is 3. The van der Waals surface area contributed by atoms with Crippen molar-refractivity contribution in [3.63, 3.8) is 0 Å². The summed E-state index contributed by atoms with van der Waals surface area (Å²) in [6.07, 6.45) is 1.67. The highest BCUT2D eigenvalue weighted by molar-refractivity contribution is 5.83. The normalized spacial score (nSPS) is 13.2. The van der Waals surface area contributed by atoms with Gasteiger partial charge in [-0.1, -0.05) is 38.1 Å². The highest BCUT2D eigenvalue weighted by Gasteiger charge is 2.17. The van der Waals surface area contributed by atoms with E-state index in [1.165, 1.54) is 10.2 Å². The van der Waals surface area contributed by atoms with Crippen LogP contribution in [0.1, 0.15) is 36.7 Å². The van der Waals surface area contributed by atoms with Gasteiger partial charge >= 0.3 is 0 Å². The standard InChI is InChI=1S/C20H19N3O3/c1-12(2)15-6-4-14(5-7-15)10-21-23-13(3)22-17-9-19-18(25-11-26-19)8-16(17)20(23)24/h4-10,12H,11H2,1-3H3/b21-10+. The largest absolute Gasteiger partial charge is 0.454 e. The fourth-order valence-electron chi connectivity index (χ4n) is 2.91. The van der Waals surface area contributed by atoms with Crippen molar-refractivity contribution in [1.82, 2.24) is 9.66 Å². The predicted octanol–water partition coefficient (Wildman–Crippen LogP) is 3.44. The molecule has 0 N–H and O–H groups in total. The van der Waals surface area contributed by atoms with Crippen molar-refractivity contribution in [2.75, 3.05) is 6.79 Å². The molecular formula is C20H19N3O3. The van der Waals surface area contributed by atoms with Gasteiger partial charge in [0.1, 0.15) is 5.82 Å². The molecule has 0 saturated carbocycles. The van der Waals surface area contributed by atoms with Gasteiger partial charge in [0.25, 0.3) is 5.56 Å². The van der Waals surface area contributed by atoms with Crippen LogP contribution in [-0.4, -0.2) is 22.7 Å². The fraction of sp³-hybridized carbons (Fsp3) is 0.250. The number of aryl methyl sites for hydroxylation is 1. The fourth-order valence-corrected chi connectivity index (χ4v) is 2.91. The van der Waals surface area contributed by atoms with E-state index in [2.05, 4.69) is 36.1 Å². The van der Waals surface area contributed by atoms with E-state index < -0.39 is 0 Å². The van der Waals surface area contributed by atoms with Crippen LogP contribution in [0.3, 0.4) is 0 Å². The van der Waals surface area contributed by atoms with Gasteiger partial charge in [-0.05, 0) is 30.0 Å². The molecule has 0 atom stereocenters. The number of hydrogen-bond acceptors (Lipinski definition) is 5. The summed E-state index contributed by atoms with van der Waals surface area (Å²) in [7, 11) is 0. The van der Waals surface area contributed by atoms with Gasteiger partial charge in [0.15, 0.2) is 11.5 Å². The van der Waals surface area contributed by atoms with E-state index in [0.29, 0.717) is 34.1 Å². The van der Waals surface area contributed by atoms with Crippen molar-refractivity contribution in [2.24, 2.45) is 5.10 Å². The van der Waals surface area contributed by atoms with Gasteiger partial charge in [-0.2, -0.15) is 9.78 Å². The molecule has 132 valence electrons. The molecule has 0 bridgehead atoms. The van der Waals surface area contributed by atoms with Gasteiger partial charge in [0.05, 0.1) is 17.1 Å². The van der Waals surface area contributed by atoms with E-state index in [9.17, 15) is 4.79 Å². The Morgan fingerprint density at radius 3 is 2.54 bits per heavy atom. The van der Waals surface area contributed by atoms with Gasteiger partial charge in [0, 0.05) is 6.07 Å². The summed E-state index contributed by atoms with van der Waals surface area (Å²) < 4.78 is 12.0. The second-order valence-corrected chi connectivity index (χ2v) is 6.56. The molecule has 1 aliphatic rings. The monoisotopic (exact) mass is 349 g/mol. The Hall–Kier alpha value is -3.15. The average molecular weight is 349 g/mol. The molecule has 0 unspecified atom stereocenters. The summed E-state index contributed by atoms with van der Waals surface area (Å²) in [5.74, 6) is 2.15. The lowest BCUT2D eigenvalue weighted by atomic mass is 10.0. The summed E-state index contributed by atoms with van der Waals surface area (Å²) in [6, 6.07) is 11.5. The molecule has 2 aromatic carbocycles. The maximum atomic E-state index is 12.8. The van der Waals surface area contributed by atoms with Crippen LogP contribution in [0.15, 0.2) is 46.3 Å². The topological polar surface area (TPSA) is 65.7 Å². The molecule has 0 aliphatic carbocycles. The van der Waals surface area contributed by atoms with Gasteiger partial charge in [-0.15, -0.1) is 0 Å². The third-order valence-corrected chi connectivity index (χ3v) is 4.43. The van der Waals surface area contributed by atoms with E-state index >= 15 is 0 Å². The molecule has 6 heteroatoms. The SMILES string of the molecule is Cc1nc2cc3c(cc2c(=O)n1/N=C/c1ccc(C(C)C)cc1)OCO3. The van der Waals surface area contributed by atoms with Crippen LogP contribution in [0.4, 0.5) is 0 Å². The summed E-state index contributed by atoms with van der Waals surface area (Å²) in [5.41, 5.74) is 2.52. The van der Waals surface area contributed by atoms with Crippen molar-refractivity contribution in [2.45, 2.75) is 26.7 Å². The Kier molecular flexibility index (Phi) is 3.95. The molecule has 6 nitrogen and oxygen atoms in total. The minimum Gasteiger partial charge on any atom is -0.454 e. The maximum Gasteiger partial charge on any atom is 0.282 e. The van der Waals surface area contributed by atoms with Crippen LogP contribution in [0.25, 0.3) is 10.9 Å². The quantitative estimate of drug-likeness (QED) is 0.680. The second-order valence-electron chi connectivity index (χ2n) is 6.56. The maximum absolute atomic E-state index is 12.8. The molecule has 0 fully saturated rings. The smallest absolute Gasteiger partial charge is 0.282 e. The van der Waals surface area contributed by atoms with Crippen molar-refractivity contribution in [3.05, 3.63) is 63.7 Å².